The zero-order chi connectivity index (χ0) is 23.2. The Bertz CT molecular complexity index is 1250. The summed E-state index contributed by atoms with van der Waals surface area (Å²) in [5.74, 6) is -1.12. The Morgan fingerprint density at radius 1 is 1.06 bits per heavy atom. The van der Waals surface area contributed by atoms with E-state index in [0.29, 0.717) is 22.2 Å². The lowest BCUT2D eigenvalue weighted by Gasteiger charge is -2.30. The predicted molar refractivity (Wildman–Crippen MR) is 112 cm³/mol. The Hall–Kier alpha value is -3.33. The van der Waals surface area contributed by atoms with Crippen LogP contribution in [0.5, 0.6) is 0 Å². The summed E-state index contributed by atoms with van der Waals surface area (Å²) in [6.45, 7) is 3.86. The van der Waals surface area contributed by atoms with Crippen molar-refractivity contribution in [2.75, 3.05) is 0 Å². The second kappa shape index (κ2) is 7.98. The van der Waals surface area contributed by atoms with Gasteiger partial charge >= 0.3 is 0 Å². The third-order valence-electron chi connectivity index (χ3n) is 5.58. The van der Waals surface area contributed by atoms with E-state index < -0.39 is 36.6 Å². The molecule has 32 heavy (non-hydrogen) atoms. The molecule has 0 spiro atoms. The fourth-order valence-electron chi connectivity index (χ4n) is 3.62. The number of para-hydroxylation sites is 1. The number of carbonyl (C=O) groups excluding carboxylic acids is 1. The van der Waals surface area contributed by atoms with Gasteiger partial charge in [0.15, 0.2) is 0 Å². The van der Waals surface area contributed by atoms with Crippen LogP contribution in [0.1, 0.15) is 27.9 Å². The topological polar surface area (TPSA) is 65.8 Å². The summed E-state index contributed by atoms with van der Waals surface area (Å²) in [7, 11) is 0. The van der Waals surface area contributed by atoms with Crippen LogP contribution in [-0.2, 0) is 0 Å². The van der Waals surface area contributed by atoms with Crippen LogP contribution < -0.4 is 0 Å². The number of hydrazone groups is 1. The largest absolute Gasteiger partial charge is 0.364 e. The smallest absolute Gasteiger partial charge is 0.287 e. The number of hydrogen-bond donors (Lipinski definition) is 1. The van der Waals surface area contributed by atoms with Crippen molar-refractivity contribution in [3.05, 3.63) is 65.2 Å². The molecule has 5 nitrogen and oxygen atoms in total. The molecule has 2 aromatic carbocycles. The first-order chi connectivity index (χ1) is 15.1. The standard InChI is InChI=1S/C23H19F4N3O2/c1-12-7-8-14(9-13(12)2)18-10-16(15-5-3-4-6-17(15)28-18)21(31)30-23(32,22(26)27)11-19(29-30)20(24)25/h3-10,20,22,32H,11H2,1-2H3/t23-/m1/s1. The van der Waals surface area contributed by atoms with Gasteiger partial charge in [-0.25, -0.2) is 22.5 Å². The van der Waals surface area contributed by atoms with Crippen LogP contribution in [0.15, 0.2) is 53.6 Å². The molecule has 1 amide bonds. The highest BCUT2D eigenvalue weighted by molar-refractivity contribution is 6.08. The highest BCUT2D eigenvalue weighted by atomic mass is 19.3. The SMILES string of the molecule is Cc1ccc(-c2cc(C(=O)N3N=C(C(F)F)C[C@@]3(O)C(F)F)c3ccccc3n2)cc1C. The summed E-state index contributed by atoms with van der Waals surface area (Å²) in [5.41, 5.74) is -0.681. The van der Waals surface area contributed by atoms with Gasteiger partial charge in [0.2, 0.25) is 5.72 Å². The number of fused-ring (bicyclic) bond motifs is 1. The van der Waals surface area contributed by atoms with Crippen LogP contribution >= 0.6 is 0 Å². The Morgan fingerprint density at radius 3 is 2.44 bits per heavy atom. The quantitative estimate of drug-likeness (QED) is 0.579. The molecule has 1 aliphatic rings. The fourth-order valence-corrected chi connectivity index (χ4v) is 3.62. The number of rotatable bonds is 4. The number of alkyl halides is 4. The van der Waals surface area contributed by atoms with Crippen LogP contribution in [0.3, 0.4) is 0 Å². The van der Waals surface area contributed by atoms with E-state index >= 15 is 0 Å². The van der Waals surface area contributed by atoms with Crippen molar-refractivity contribution in [3.63, 3.8) is 0 Å². The minimum absolute atomic E-state index is 0.0745. The maximum atomic E-state index is 13.7. The maximum absolute atomic E-state index is 13.7. The van der Waals surface area contributed by atoms with Crippen LogP contribution in [0.2, 0.25) is 0 Å². The monoisotopic (exact) mass is 445 g/mol. The van der Waals surface area contributed by atoms with Gasteiger partial charge in [0.1, 0.15) is 5.71 Å². The molecule has 0 saturated carbocycles. The molecule has 9 heteroatoms. The lowest BCUT2D eigenvalue weighted by atomic mass is 10.00. The van der Waals surface area contributed by atoms with E-state index in [2.05, 4.69) is 10.1 Å². The molecule has 1 N–H and O–H groups in total. The van der Waals surface area contributed by atoms with Gasteiger partial charge in [0, 0.05) is 17.4 Å². The van der Waals surface area contributed by atoms with Crippen molar-refractivity contribution < 1.29 is 27.5 Å². The third-order valence-corrected chi connectivity index (χ3v) is 5.58. The van der Waals surface area contributed by atoms with E-state index in [-0.39, 0.29) is 10.6 Å². The Balaban J connectivity index is 1.89. The molecular weight excluding hydrogens is 426 g/mol. The summed E-state index contributed by atoms with van der Waals surface area (Å²) in [6.07, 6.45) is -7.82. The number of benzene rings is 2. The van der Waals surface area contributed by atoms with Crippen LogP contribution in [0.25, 0.3) is 22.2 Å². The highest BCUT2D eigenvalue weighted by Crippen LogP contribution is 2.36. The molecule has 1 atom stereocenters. The normalized spacial score (nSPS) is 18.7. The number of halogens is 4. The number of amides is 1. The van der Waals surface area contributed by atoms with Crippen molar-refractivity contribution in [1.29, 1.82) is 0 Å². The Labute approximate surface area is 181 Å². The lowest BCUT2D eigenvalue weighted by molar-refractivity contribution is -0.164. The molecule has 0 fully saturated rings. The Kier molecular flexibility index (Phi) is 5.46. The first-order valence-electron chi connectivity index (χ1n) is 9.80. The van der Waals surface area contributed by atoms with Crippen molar-refractivity contribution in [2.24, 2.45) is 5.10 Å². The van der Waals surface area contributed by atoms with Gasteiger partial charge in [-0.15, -0.1) is 0 Å². The third kappa shape index (κ3) is 3.62. The average Bonchev–Trinajstić information content (AvgIpc) is 3.13. The van der Waals surface area contributed by atoms with Gasteiger partial charge in [0.25, 0.3) is 18.8 Å². The van der Waals surface area contributed by atoms with E-state index in [4.69, 9.17) is 0 Å². The van der Waals surface area contributed by atoms with Gasteiger partial charge in [0.05, 0.1) is 16.8 Å². The number of hydrogen-bond acceptors (Lipinski definition) is 4. The van der Waals surface area contributed by atoms with Gasteiger partial charge in [-0.2, -0.15) is 10.1 Å². The van der Waals surface area contributed by atoms with E-state index in [9.17, 15) is 27.5 Å². The van der Waals surface area contributed by atoms with E-state index in [0.717, 1.165) is 11.1 Å². The van der Waals surface area contributed by atoms with E-state index in [1.165, 1.54) is 6.07 Å². The number of aryl methyl sites for hydroxylation is 2. The first-order valence-corrected chi connectivity index (χ1v) is 9.80. The van der Waals surface area contributed by atoms with Crippen LogP contribution in [0.4, 0.5) is 17.6 Å². The maximum Gasteiger partial charge on any atom is 0.287 e. The zero-order valence-electron chi connectivity index (χ0n) is 17.2. The van der Waals surface area contributed by atoms with Gasteiger partial charge in [-0.3, -0.25) is 4.79 Å². The van der Waals surface area contributed by atoms with Crippen molar-refractivity contribution in [2.45, 2.75) is 38.8 Å². The van der Waals surface area contributed by atoms with Gasteiger partial charge in [-0.05, 0) is 43.2 Å². The summed E-state index contributed by atoms with van der Waals surface area (Å²) >= 11 is 0. The van der Waals surface area contributed by atoms with E-state index in [1.807, 2.05) is 32.0 Å². The Morgan fingerprint density at radius 2 is 1.78 bits per heavy atom. The molecule has 0 saturated heterocycles. The van der Waals surface area contributed by atoms with Crippen LogP contribution in [-0.4, -0.2) is 45.3 Å². The number of nitrogens with zero attached hydrogens (tertiary/aromatic N) is 3. The number of aromatic nitrogens is 1. The van der Waals surface area contributed by atoms with E-state index in [1.54, 1.807) is 24.3 Å². The summed E-state index contributed by atoms with van der Waals surface area (Å²) in [6, 6.07) is 13.5. The predicted octanol–water partition coefficient (Wildman–Crippen LogP) is 4.94. The molecule has 0 bridgehead atoms. The molecular formula is C23H19F4N3O2. The number of carbonyl (C=O) groups is 1. The molecule has 1 aromatic heterocycles. The van der Waals surface area contributed by atoms with Gasteiger partial charge in [-0.1, -0.05) is 30.3 Å². The summed E-state index contributed by atoms with van der Waals surface area (Å²) < 4.78 is 53.6. The molecule has 4 rings (SSSR count). The second-order valence-corrected chi connectivity index (χ2v) is 7.74. The average molecular weight is 445 g/mol. The fraction of sp³-hybridized carbons (Fsp3) is 0.261. The summed E-state index contributed by atoms with van der Waals surface area (Å²) in [5, 5.41) is 14.2. The highest BCUT2D eigenvalue weighted by Gasteiger charge is 2.53. The second-order valence-electron chi connectivity index (χ2n) is 7.74. The molecule has 0 radical (unpaired) electrons. The summed E-state index contributed by atoms with van der Waals surface area (Å²) in [4.78, 5) is 17.9. The van der Waals surface area contributed by atoms with Crippen molar-refractivity contribution in [3.8, 4) is 11.3 Å². The minimum atomic E-state index is -3.50. The van der Waals surface area contributed by atoms with Gasteiger partial charge < -0.3 is 5.11 Å². The lowest BCUT2D eigenvalue weighted by Crippen LogP contribution is -2.51. The number of aliphatic hydroxyl groups is 1. The van der Waals surface area contributed by atoms with Crippen molar-refractivity contribution >= 4 is 22.5 Å². The molecule has 0 aliphatic carbocycles. The molecule has 2 heterocycles. The number of pyridine rings is 1. The zero-order valence-corrected chi connectivity index (χ0v) is 17.2. The molecule has 0 unspecified atom stereocenters. The molecule has 1 aliphatic heterocycles. The molecule has 166 valence electrons. The molecule has 3 aromatic rings. The minimum Gasteiger partial charge on any atom is -0.364 e. The van der Waals surface area contributed by atoms with Crippen LogP contribution in [0, 0.1) is 13.8 Å². The first kappa shape index (κ1) is 21.9. The van der Waals surface area contributed by atoms with Crippen molar-refractivity contribution in [1.82, 2.24) is 9.99 Å².